The van der Waals surface area contributed by atoms with E-state index in [1.54, 1.807) is 42.6 Å². The fraction of sp³-hybridized carbons (Fsp3) is 0.143. The van der Waals surface area contributed by atoms with Crippen LogP contribution in [0.2, 0.25) is 0 Å². The van der Waals surface area contributed by atoms with Crippen LogP contribution in [0.3, 0.4) is 0 Å². The molecule has 8 nitrogen and oxygen atoms in total. The third-order valence-corrected chi connectivity index (χ3v) is 6.04. The summed E-state index contributed by atoms with van der Waals surface area (Å²) in [7, 11) is 1.70. The average molecular weight is 420 g/mol. The maximum atomic E-state index is 12.9. The molecule has 30 heavy (non-hydrogen) atoms. The van der Waals surface area contributed by atoms with Crippen molar-refractivity contribution in [2.24, 2.45) is 7.05 Å². The number of hydrogen-bond donors (Lipinski definition) is 2. The SMILES string of the molecule is Cn1nc(NC(=O)c2cc(=O)c3ccccc3o2)c2c1NC(=O)CC2c1cccs1. The summed E-state index contributed by atoms with van der Waals surface area (Å²) < 4.78 is 7.16. The largest absolute Gasteiger partial charge is 0.451 e. The molecule has 1 atom stereocenters. The number of hydrogen-bond acceptors (Lipinski definition) is 6. The molecule has 1 aliphatic rings. The normalized spacial score (nSPS) is 15.6. The number of fused-ring (bicyclic) bond motifs is 2. The first-order valence-corrected chi connectivity index (χ1v) is 10.1. The van der Waals surface area contributed by atoms with E-state index in [1.165, 1.54) is 10.7 Å². The Morgan fingerprint density at radius 3 is 2.90 bits per heavy atom. The van der Waals surface area contributed by atoms with E-state index in [9.17, 15) is 14.4 Å². The van der Waals surface area contributed by atoms with Gasteiger partial charge in [-0.15, -0.1) is 11.3 Å². The van der Waals surface area contributed by atoms with Crippen LogP contribution in [0.5, 0.6) is 0 Å². The number of anilines is 2. The molecule has 0 fully saturated rings. The number of thiophene rings is 1. The molecule has 9 heteroatoms. The highest BCUT2D eigenvalue weighted by atomic mass is 32.1. The molecule has 0 saturated heterocycles. The van der Waals surface area contributed by atoms with Crippen molar-refractivity contribution in [2.75, 3.05) is 10.6 Å². The number of para-hydroxylation sites is 1. The van der Waals surface area contributed by atoms with Gasteiger partial charge in [-0.2, -0.15) is 5.10 Å². The van der Waals surface area contributed by atoms with E-state index in [1.807, 2.05) is 17.5 Å². The zero-order chi connectivity index (χ0) is 20.8. The van der Waals surface area contributed by atoms with E-state index in [0.717, 1.165) is 10.4 Å². The molecule has 4 heterocycles. The Bertz CT molecular complexity index is 1350. The summed E-state index contributed by atoms with van der Waals surface area (Å²) in [5, 5.41) is 12.3. The molecule has 0 saturated carbocycles. The minimum atomic E-state index is -0.583. The molecule has 5 rings (SSSR count). The number of carbonyl (C=O) groups excluding carboxylic acids is 2. The van der Waals surface area contributed by atoms with Gasteiger partial charge in [-0.1, -0.05) is 18.2 Å². The van der Waals surface area contributed by atoms with Crippen molar-refractivity contribution in [2.45, 2.75) is 12.3 Å². The van der Waals surface area contributed by atoms with Gasteiger partial charge in [0.25, 0.3) is 5.91 Å². The first kappa shape index (κ1) is 18.3. The number of benzene rings is 1. The number of aromatic nitrogens is 2. The molecule has 2 amide bonds. The van der Waals surface area contributed by atoms with E-state index in [-0.39, 0.29) is 29.4 Å². The van der Waals surface area contributed by atoms with Crippen molar-refractivity contribution in [3.63, 3.8) is 0 Å². The van der Waals surface area contributed by atoms with Crippen LogP contribution in [0.15, 0.2) is 57.1 Å². The lowest BCUT2D eigenvalue weighted by Gasteiger charge is -2.22. The number of nitrogens with one attached hydrogen (secondary N) is 2. The first-order valence-electron chi connectivity index (χ1n) is 9.25. The van der Waals surface area contributed by atoms with Crippen molar-refractivity contribution in [1.29, 1.82) is 0 Å². The number of amides is 2. The lowest BCUT2D eigenvalue weighted by Crippen LogP contribution is -2.25. The molecule has 150 valence electrons. The van der Waals surface area contributed by atoms with Crippen molar-refractivity contribution < 1.29 is 14.0 Å². The standard InChI is InChI=1S/C21H16N4O4S/c1-25-20-18(12(9-17(27)22-20)16-7-4-8-30-16)19(24-25)23-21(28)15-10-13(26)11-5-2-3-6-14(11)29-15/h2-8,10,12H,9H2,1H3,(H,22,27)(H,23,24,28). The second-order valence-electron chi connectivity index (χ2n) is 6.98. The molecule has 0 radical (unpaired) electrons. The molecule has 0 aliphatic carbocycles. The maximum Gasteiger partial charge on any atom is 0.292 e. The van der Waals surface area contributed by atoms with E-state index < -0.39 is 5.91 Å². The molecular formula is C21H16N4O4S. The number of rotatable bonds is 3. The Labute approximate surface area is 174 Å². The van der Waals surface area contributed by atoms with E-state index in [0.29, 0.717) is 22.6 Å². The average Bonchev–Trinajstić information content (AvgIpc) is 3.36. The topological polar surface area (TPSA) is 106 Å². The quantitative estimate of drug-likeness (QED) is 0.529. The van der Waals surface area contributed by atoms with Crippen LogP contribution in [0, 0.1) is 0 Å². The lowest BCUT2D eigenvalue weighted by molar-refractivity contribution is -0.116. The van der Waals surface area contributed by atoms with Crippen LogP contribution >= 0.6 is 11.3 Å². The molecule has 2 N–H and O–H groups in total. The van der Waals surface area contributed by atoms with Gasteiger partial charge in [-0.3, -0.25) is 19.1 Å². The summed E-state index contributed by atoms with van der Waals surface area (Å²) >= 11 is 1.54. The van der Waals surface area contributed by atoms with Crippen molar-refractivity contribution in [3.8, 4) is 0 Å². The van der Waals surface area contributed by atoms with Crippen LogP contribution in [-0.4, -0.2) is 21.6 Å². The van der Waals surface area contributed by atoms with Crippen LogP contribution in [-0.2, 0) is 11.8 Å². The molecule has 3 aromatic heterocycles. The van der Waals surface area contributed by atoms with Gasteiger partial charge >= 0.3 is 0 Å². The van der Waals surface area contributed by atoms with E-state index in [4.69, 9.17) is 4.42 Å². The molecule has 1 aromatic carbocycles. The van der Waals surface area contributed by atoms with Gasteiger partial charge in [-0.25, -0.2) is 0 Å². The summed E-state index contributed by atoms with van der Waals surface area (Å²) in [6.45, 7) is 0. The van der Waals surface area contributed by atoms with Gasteiger partial charge in [0.05, 0.1) is 5.39 Å². The lowest BCUT2D eigenvalue weighted by atomic mass is 9.92. The first-order chi connectivity index (χ1) is 14.5. The third kappa shape index (κ3) is 3.00. The molecular weight excluding hydrogens is 404 g/mol. The van der Waals surface area contributed by atoms with Crippen LogP contribution in [0.4, 0.5) is 11.6 Å². The highest BCUT2D eigenvalue weighted by Crippen LogP contribution is 2.42. The van der Waals surface area contributed by atoms with Crippen LogP contribution < -0.4 is 16.1 Å². The van der Waals surface area contributed by atoms with Crippen LogP contribution in [0.25, 0.3) is 11.0 Å². The Morgan fingerprint density at radius 1 is 1.27 bits per heavy atom. The Morgan fingerprint density at radius 2 is 2.10 bits per heavy atom. The Hall–Kier alpha value is -3.72. The van der Waals surface area contributed by atoms with Crippen LogP contribution in [0.1, 0.15) is 33.3 Å². The third-order valence-electron chi connectivity index (χ3n) is 5.06. The minimum Gasteiger partial charge on any atom is -0.451 e. The highest BCUT2D eigenvalue weighted by Gasteiger charge is 2.34. The van der Waals surface area contributed by atoms with Crippen molar-refractivity contribution in [3.05, 3.63) is 74.3 Å². The van der Waals surface area contributed by atoms with Crippen molar-refractivity contribution in [1.82, 2.24) is 9.78 Å². The molecule has 0 spiro atoms. The zero-order valence-corrected chi connectivity index (χ0v) is 16.7. The summed E-state index contributed by atoms with van der Waals surface area (Å²) in [4.78, 5) is 38.4. The molecule has 4 aromatic rings. The van der Waals surface area contributed by atoms with Gasteiger partial charge in [0.2, 0.25) is 5.91 Å². The molecule has 1 aliphatic heterocycles. The fourth-order valence-corrected chi connectivity index (χ4v) is 4.54. The Kier molecular flexibility index (Phi) is 4.25. The fourth-order valence-electron chi connectivity index (χ4n) is 3.70. The highest BCUT2D eigenvalue weighted by molar-refractivity contribution is 7.10. The minimum absolute atomic E-state index is 0.106. The smallest absolute Gasteiger partial charge is 0.292 e. The van der Waals surface area contributed by atoms with Gasteiger partial charge in [0.15, 0.2) is 17.0 Å². The monoisotopic (exact) mass is 420 g/mol. The van der Waals surface area contributed by atoms with Gasteiger partial charge in [-0.05, 0) is 23.6 Å². The second-order valence-corrected chi connectivity index (χ2v) is 7.96. The molecule has 0 bridgehead atoms. The predicted octanol–water partition coefficient (Wildman–Crippen LogP) is 3.31. The van der Waals surface area contributed by atoms with Gasteiger partial charge in [0.1, 0.15) is 11.4 Å². The number of carbonyl (C=O) groups is 2. The van der Waals surface area contributed by atoms with Crippen molar-refractivity contribution >= 4 is 45.8 Å². The van der Waals surface area contributed by atoms with Gasteiger partial charge in [0, 0.05) is 35.9 Å². The number of aryl methyl sites for hydroxylation is 1. The van der Waals surface area contributed by atoms with E-state index >= 15 is 0 Å². The number of nitrogens with zero attached hydrogens (tertiary/aromatic N) is 2. The summed E-state index contributed by atoms with van der Waals surface area (Å²) in [5.74, 6) is -0.151. The van der Waals surface area contributed by atoms with E-state index in [2.05, 4.69) is 15.7 Å². The van der Waals surface area contributed by atoms with Gasteiger partial charge < -0.3 is 15.1 Å². The zero-order valence-electron chi connectivity index (χ0n) is 15.8. The second kappa shape index (κ2) is 6.96. The summed E-state index contributed by atoms with van der Waals surface area (Å²) in [6.07, 6.45) is 0.257. The Balaban J connectivity index is 1.55. The maximum absolute atomic E-state index is 12.9. The predicted molar refractivity (Wildman–Crippen MR) is 113 cm³/mol. The molecule has 1 unspecified atom stereocenters. The summed E-state index contributed by atoms with van der Waals surface area (Å²) in [5.41, 5.74) is 0.770. The summed E-state index contributed by atoms with van der Waals surface area (Å²) in [6, 6.07) is 11.8.